The zero-order chi connectivity index (χ0) is 13.8. The van der Waals surface area contributed by atoms with Crippen LogP contribution in [0.1, 0.15) is 17.5 Å². The Morgan fingerprint density at radius 1 is 1.10 bits per heavy atom. The van der Waals surface area contributed by atoms with Crippen LogP contribution < -0.4 is 0 Å². The van der Waals surface area contributed by atoms with E-state index in [9.17, 15) is 5.11 Å². The van der Waals surface area contributed by atoms with Crippen molar-refractivity contribution in [2.45, 2.75) is 31.5 Å². The van der Waals surface area contributed by atoms with Crippen molar-refractivity contribution in [2.24, 2.45) is 0 Å². The van der Waals surface area contributed by atoms with E-state index >= 15 is 0 Å². The molecule has 1 saturated heterocycles. The molecule has 0 radical (unpaired) electrons. The van der Waals surface area contributed by atoms with Gasteiger partial charge in [0.05, 0.1) is 6.10 Å². The summed E-state index contributed by atoms with van der Waals surface area (Å²) in [5.41, 5.74) is 2.42. The van der Waals surface area contributed by atoms with Crippen molar-refractivity contribution >= 4 is 0 Å². The van der Waals surface area contributed by atoms with E-state index in [0.717, 1.165) is 25.9 Å². The van der Waals surface area contributed by atoms with E-state index in [2.05, 4.69) is 20.9 Å². The molecule has 0 spiro atoms. The zero-order valence-corrected chi connectivity index (χ0v) is 11.4. The zero-order valence-electron chi connectivity index (χ0n) is 11.4. The first kappa shape index (κ1) is 13.2. The second kappa shape index (κ2) is 6.11. The molecule has 1 aliphatic heterocycles. The minimum Gasteiger partial charge on any atom is -0.391 e. The molecule has 0 amide bonds. The van der Waals surface area contributed by atoms with Gasteiger partial charge in [0.1, 0.15) is 0 Å². The highest BCUT2D eigenvalue weighted by Gasteiger charge is 2.32. The van der Waals surface area contributed by atoms with Crippen LogP contribution >= 0.6 is 0 Å². The summed E-state index contributed by atoms with van der Waals surface area (Å²) in [6.45, 7) is 1.78. The summed E-state index contributed by atoms with van der Waals surface area (Å²) >= 11 is 0. The first-order valence-corrected chi connectivity index (χ1v) is 7.03. The molecule has 4 nitrogen and oxygen atoms in total. The number of hydrogen-bond acceptors (Lipinski definition) is 4. The Kier molecular flexibility index (Phi) is 4.04. The SMILES string of the molecule is O[C@H]1CCN(Cc2cccnc2)[C@H]1Cc1ccncc1. The Labute approximate surface area is 119 Å². The van der Waals surface area contributed by atoms with Gasteiger partial charge < -0.3 is 5.11 Å². The predicted molar refractivity (Wildman–Crippen MR) is 77.0 cm³/mol. The molecule has 0 aliphatic carbocycles. The van der Waals surface area contributed by atoms with Crippen LogP contribution in [0.5, 0.6) is 0 Å². The fourth-order valence-corrected chi connectivity index (χ4v) is 2.85. The lowest BCUT2D eigenvalue weighted by atomic mass is 10.0. The summed E-state index contributed by atoms with van der Waals surface area (Å²) in [7, 11) is 0. The van der Waals surface area contributed by atoms with Gasteiger partial charge in [-0.25, -0.2) is 0 Å². The van der Waals surface area contributed by atoms with Gasteiger partial charge in [0.2, 0.25) is 0 Å². The van der Waals surface area contributed by atoms with E-state index in [0.29, 0.717) is 0 Å². The average Bonchev–Trinajstić information content (AvgIpc) is 2.83. The third-order valence-corrected chi connectivity index (χ3v) is 3.93. The number of rotatable bonds is 4. The quantitative estimate of drug-likeness (QED) is 0.917. The normalized spacial score (nSPS) is 23.1. The van der Waals surface area contributed by atoms with Gasteiger partial charge in [0.15, 0.2) is 0 Å². The van der Waals surface area contributed by atoms with E-state index < -0.39 is 0 Å². The lowest BCUT2D eigenvalue weighted by Crippen LogP contribution is -2.36. The molecule has 2 atom stereocenters. The Balaban J connectivity index is 1.70. The molecule has 4 heteroatoms. The van der Waals surface area contributed by atoms with Crippen LogP contribution in [0.2, 0.25) is 0 Å². The van der Waals surface area contributed by atoms with Crippen molar-refractivity contribution in [1.29, 1.82) is 0 Å². The van der Waals surface area contributed by atoms with Crippen LogP contribution in [0.3, 0.4) is 0 Å². The molecular formula is C16H19N3O. The van der Waals surface area contributed by atoms with Crippen molar-refractivity contribution < 1.29 is 5.11 Å². The molecule has 1 fully saturated rings. The second-order valence-electron chi connectivity index (χ2n) is 5.31. The molecule has 0 unspecified atom stereocenters. The van der Waals surface area contributed by atoms with Gasteiger partial charge >= 0.3 is 0 Å². The highest BCUT2D eigenvalue weighted by Crippen LogP contribution is 2.23. The first-order chi connectivity index (χ1) is 9.83. The van der Waals surface area contributed by atoms with Gasteiger partial charge in [-0.3, -0.25) is 14.9 Å². The van der Waals surface area contributed by atoms with E-state index in [1.54, 1.807) is 6.20 Å². The molecule has 2 aromatic rings. The Hall–Kier alpha value is -1.78. The molecule has 2 aromatic heterocycles. The standard InChI is InChI=1S/C16H19N3O/c20-16-5-9-19(12-14-2-1-6-18-11-14)15(16)10-13-3-7-17-8-4-13/h1-4,6-8,11,15-16,20H,5,9-10,12H2/t15-,16-/m0/s1. The predicted octanol–water partition coefficient (Wildman–Crippen LogP) is 1.65. The maximum Gasteiger partial charge on any atom is 0.0710 e. The number of nitrogens with zero attached hydrogens (tertiary/aromatic N) is 3. The summed E-state index contributed by atoms with van der Waals surface area (Å²) in [4.78, 5) is 10.5. The van der Waals surface area contributed by atoms with Crippen molar-refractivity contribution in [2.75, 3.05) is 6.54 Å². The van der Waals surface area contributed by atoms with E-state index in [4.69, 9.17) is 0 Å². The minimum atomic E-state index is -0.250. The molecule has 1 N–H and O–H groups in total. The third kappa shape index (κ3) is 3.03. The van der Waals surface area contributed by atoms with Gasteiger partial charge in [0.25, 0.3) is 0 Å². The van der Waals surface area contributed by atoms with Crippen LogP contribution in [0.25, 0.3) is 0 Å². The number of aliphatic hydroxyl groups excluding tert-OH is 1. The topological polar surface area (TPSA) is 49.2 Å². The summed E-state index contributed by atoms with van der Waals surface area (Å²) in [5, 5.41) is 10.2. The van der Waals surface area contributed by atoms with Gasteiger partial charge in [-0.15, -0.1) is 0 Å². The smallest absolute Gasteiger partial charge is 0.0710 e. The van der Waals surface area contributed by atoms with Crippen molar-refractivity contribution in [3.05, 3.63) is 60.2 Å². The summed E-state index contributed by atoms with van der Waals surface area (Å²) in [6.07, 6.45) is 8.76. The van der Waals surface area contributed by atoms with Gasteiger partial charge in [-0.1, -0.05) is 6.07 Å². The molecule has 104 valence electrons. The van der Waals surface area contributed by atoms with Crippen LogP contribution in [-0.4, -0.2) is 38.7 Å². The Morgan fingerprint density at radius 3 is 2.70 bits per heavy atom. The van der Waals surface area contributed by atoms with Crippen LogP contribution in [0.15, 0.2) is 49.1 Å². The van der Waals surface area contributed by atoms with Crippen LogP contribution in [0, 0.1) is 0 Å². The van der Waals surface area contributed by atoms with Crippen LogP contribution in [0.4, 0.5) is 0 Å². The Morgan fingerprint density at radius 2 is 1.95 bits per heavy atom. The van der Waals surface area contributed by atoms with Gasteiger partial charge in [0, 0.05) is 43.9 Å². The van der Waals surface area contributed by atoms with Gasteiger partial charge in [-0.2, -0.15) is 0 Å². The van der Waals surface area contributed by atoms with Gasteiger partial charge in [-0.05, 0) is 42.2 Å². The molecule has 20 heavy (non-hydrogen) atoms. The number of aromatic nitrogens is 2. The summed E-state index contributed by atoms with van der Waals surface area (Å²) in [5.74, 6) is 0. The van der Waals surface area contributed by atoms with E-state index in [1.807, 2.05) is 36.8 Å². The minimum absolute atomic E-state index is 0.178. The molecule has 0 bridgehead atoms. The molecule has 0 aromatic carbocycles. The maximum atomic E-state index is 10.2. The fourth-order valence-electron chi connectivity index (χ4n) is 2.85. The highest BCUT2D eigenvalue weighted by atomic mass is 16.3. The van der Waals surface area contributed by atoms with Crippen molar-refractivity contribution in [3.8, 4) is 0 Å². The lowest BCUT2D eigenvalue weighted by Gasteiger charge is -2.26. The molecule has 1 aliphatic rings. The van der Waals surface area contributed by atoms with Crippen molar-refractivity contribution in [3.63, 3.8) is 0 Å². The first-order valence-electron chi connectivity index (χ1n) is 7.03. The number of hydrogen-bond donors (Lipinski definition) is 1. The molecule has 3 heterocycles. The lowest BCUT2D eigenvalue weighted by molar-refractivity contribution is 0.112. The molecule has 3 rings (SSSR count). The average molecular weight is 269 g/mol. The number of pyridine rings is 2. The third-order valence-electron chi connectivity index (χ3n) is 3.93. The number of aliphatic hydroxyl groups is 1. The largest absolute Gasteiger partial charge is 0.391 e. The highest BCUT2D eigenvalue weighted by molar-refractivity contribution is 5.14. The number of likely N-dealkylation sites (tertiary alicyclic amines) is 1. The second-order valence-corrected chi connectivity index (χ2v) is 5.31. The summed E-state index contributed by atoms with van der Waals surface area (Å²) in [6, 6.07) is 8.26. The van der Waals surface area contributed by atoms with Crippen LogP contribution in [-0.2, 0) is 13.0 Å². The fraction of sp³-hybridized carbons (Fsp3) is 0.375. The molecular weight excluding hydrogens is 250 g/mol. The Bertz CT molecular complexity index is 532. The van der Waals surface area contributed by atoms with E-state index in [1.165, 1.54) is 11.1 Å². The van der Waals surface area contributed by atoms with Crippen molar-refractivity contribution in [1.82, 2.24) is 14.9 Å². The summed E-state index contributed by atoms with van der Waals surface area (Å²) < 4.78 is 0. The monoisotopic (exact) mass is 269 g/mol. The maximum absolute atomic E-state index is 10.2. The molecule has 0 saturated carbocycles. The van der Waals surface area contributed by atoms with E-state index in [-0.39, 0.29) is 12.1 Å².